The lowest BCUT2D eigenvalue weighted by atomic mass is 9.73. The molecule has 3 aliphatic rings. The first-order chi connectivity index (χ1) is 16.2. The molecule has 6 rings (SSSR count). The minimum Gasteiger partial charge on any atom is -0.492 e. The molecule has 0 aromatic heterocycles. The van der Waals surface area contributed by atoms with E-state index in [-0.39, 0.29) is 35.5 Å². The number of carbonyl (C=O) groups is 2. The highest BCUT2D eigenvalue weighted by atomic mass is 16.5. The van der Waals surface area contributed by atoms with Crippen LogP contribution in [-0.4, -0.2) is 18.4 Å². The summed E-state index contributed by atoms with van der Waals surface area (Å²) < 4.78 is 5.76. The van der Waals surface area contributed by atoms with Crippen molar-refractivity contribution in [1.29, 1.82) is 0 Å². The standard InChI is InChI=1S/C29H25NO3/c1-2-33-23-16-10-9-15-22(23)30-28(31)26-20-17-21(27(26)29(30)32)25(19-13-7-4-8-14-19)24(20)18-11-5-3-6-12-18/h3-16,20-21,26-27H,2,17H2,1H3. The molecule has 1 saturated carbocycles. The maximum atomic E-state index is 13.8. The summed E-state index contributed by atoms with van der Waals surface area (Å²) in [6.07, 6.45) is 0.849. The van der Waals surface area contributed by atoms with Gasteiger partial charge in [-0.25, -0.2) is 4.90 Å². The summed E-state index contributed by atoms with van der Waals surface area (Å²) in [6.45, 7) is 2.38. The van der Waals surface area contributed by atoms with Crippen LogP contribution in [0.5, 0.6) is 5.75 Å². The summed E-state index contributed by atoms with van der Waals surface area (Å²) in [7, 11) is 0. The van der Waals surface area contributed by atoms with Gasteiger partial charge in [0, 0.05) is 0 Å². The topological polar surface area (TPSA) is 46.6 Å². The molecule has 164 valence electrons. The Labute approximate surface area is 193 Å². The van der Waals surface area contributed by atoms with Crippen LogP contribution in [0.2, 0.25) is 0 Å². The molecule has 4 heteroatoms. The van der Waals surface area contributed by atoms with Gasteiger partial charge in [0.15, 0.2) is 0 Å². The number of benzene rings is 3. The Kier molecular flexibility index (Phi) is 4.68. The quantitative estimate of drug-likeness (QED) is 0.501. The molecule has 0 radical (unpaired) electrons. The molecule has 3 aromatic carbocycles. The Morgan fingerprint density at radius 2 is 1.21 bits per heavy atom. The number of rotatable bonds is 5. The third-order valence-electron chi connectivity index (χ3n) is 7.38. The third kappa shape index (κ3) is 2.90. The van der Waals surface area contributed by atoms with Crippen LogP contribution in [0.1, 0.15) is 24.5 Å². The monoisotopic (exact) mass is 435 g/mol. The van der Waals surface area contributed by atoms with E-state index in [0.29, 0.717) is 18.0 Å². The van der Waals surface area contributed by atoms with Crippen molar-refractivity contribution in [1.82, 2.24) is 0 Å². The number of hydrogen-bond donors (Lipinski definition) is 0. The van der Waals surface area contributed by atoms with Crippen molar-refractivity contribution < 1.29 is 14.3 Å². The van der Waals surface area contributed by atoms with Crippen molar-refractivity contribution in [2.45, 2.75) is 13.3 Å². The van der Waals surface area contributed by atoms with Crippen molar-refractivity contribution in [3.8, 4) is 5.75 Å². The average molecular weight is 436 g/mol. The third-order valence-corrected chi connectivity index (χ3v) is 7.38. The molecular formula is C29H25NO3. The lowest BCUT2D eigenvalue weighted by molar-refractivity contribution is -0.123. The molecule has 2 bridgehead atoms. The molecule has 1 aliphatic heterocycles. The summed E-state index contributed by atoms with van der Waals surface area (Å²) in [5.74, 6) is -0.166. The van der Waals surface area contributed by atoms with Crippen LogP contribution < -0.4 is 9.64 Å². The zero-order valence-electron chi connectivity index (χ0n) is 18.5. The lowest BCUT2D eigenvalue weighted by Crippen LogP contribution is -2.33. The molecule has 1 heterocycles. The van der Waals surface area contributed by atoms with Gasteiger partial charge in [0.25, 0.3) is 0 Å². The molecule has 33 heavy (non-hydrogen) atoms. The van der Waals surface area contributed by atoms with Crippen LogP contribution in [0.25, 0.3) is 11.1 Å². The number of fused-ring (bicyclic) bond motifs is 5. The molecule has 3 aromatic rings. The molecule has 4 atom stereocenters. The van der Waals surface area contributed by atoms with Crippen LogP contribution in [0.15, 0.2) is 84.9 Å². The van der Waals surface area contributed by atoms with Crippen molar-refractivity contribution in [2.75, 3.05) is 11.5 Å². The van der Waals surface area contributed by atoms with E-state index in [0.717, 1.165) is 17.5 Å². The van der Waals surface area contributed by atoms with E-state index in [2.05, 4.69) is 24.3 Å². The summed E-state index contributed by atoms with van der Waals surface area (Å²) >= 11 is 0. The Hall–Kier alpha value is -3.66. The number of ether oxygens (including phenoxy) is 1. The second-order valence-corrected chi connectivity index (χ2v) is 8.97. The first-order valence-electron chi connectivity index (χ1n) is 11.6. The number of anilines is 1. The van der Waals surface area contributed by atoms with Crippen molar-refractivity contribution in [3.63, 3.8) is 0 Å². The van der Waals surface area contributed by atoms with Gasteiger partial charge >= 0.3 is 0 Å². The van der Waals surface area contributed by atoms with E-state index in [1.54, 1.807) is 0 Å². The molecule has 2 amide bonds. The number of allylic oxidation sites excluding steroid dienone is 2. The minimum atomic E-state index is -0.320. The second kappa shape index (κ2) is 7.73. The highest BCUT2D eigenvalue weighted by molar-refractivity contribution is 6.25. The van der Waals surface area contributed by atoms with E-state index in [1.807, 2.05) is 67.6 Å². The van der Waals surface area contributed by atoms with Crippen molar-refractivity contribution >= 4 is 28.6 Å². The van der Waals surface area contributed by atoms with Crippen molar-refractivity contribution in [2.24, 2.45) is 23.7 Å². The Morgan fingerprint density at radius 3 is 1.73 bits per heavy atom. The van der Waals surface area contributed by atoms with Gasteiger partial charge in [-0.1, -0.05) is 72.8 Å². The van der Waals surface area contributed by atoms with Crippen LogP contribution in [0.4, 0.5) is 5.69 Å². The zero-order chi connectivity index (χ0) is 22.5. The van der Waals surface area contributed by atoms with E-state index in [9.17, 15) is 9.59 Å². The summed E-state index contributed by atoms with van der Waals surface area (Å²) in [6, 6.07) is 28.0. The van der Waals surface area contributed by atoms with Crippen LogP contribution in [0, 0.1) is 23.7 Å². The van der Waals surface area contributed by atoms with Gasteiger partial charge in [0.05, 0.1) is 24.1 Å². The van der Waals surface area contributed by atoms with E-state index in [4.69, 9.17) is 4.74 Å². The zero-order valence-corrected chi connectivity index (χ0v) is 18.5. The van der Waals surface area contributed by atoms with Gasteiger partial charge in [-0.15, -0.1) is 0 Å². The van der Waals surface area contributed by atoms with Crippen LogP contribution in [0.3, 0.4) is 0 Å². The maximum absolute atomic E-state index is 13.8. The normalized spacial score (nSPS) is 25.7. The van der Waals surface area contributed by atoms with Gasteiger partial charge < -0.3 is 4.74 Å². The number of nitrogens with zero attached hydrogens (tertiary/aromatic N) is 1. The molecule has 2 fully saturated rings. The van der Waals surface area contributed by atoms with Crippen LogP contribution >= 0.6 is 0 Å². The largest absolute Gasteiger partial charge is 0.492 e. The highest BCUT2D eigenvalue weighted by Gasteiger charge is 2.64. The summed E-state index contributed by atoms with van der Waals surface area (Å²) in [4.78, 5) is 29.0. The number of imide groups is 1. The number of para-hydroxylation sites is 2. The van der Waals surface area contributed by atoms with Crippen LogP contribution in [-0.2, 0) is 9.59 Å². The van der Waals surface area contributed by atoms with Gasteiger partial charge in [-0.2, -0.15) is 0 Å². The summed E-state index contributed by atoms with van der Waals surface area (Å²) in [5, 5.41) is 0. The van der Waals surface area contributed by atoms with Crippen molar-refractivity contribution in [3.05, 3.63) is 96.1 Å². The van der Waals surface area contributed by atoms with Gasteiger partial charge in [-0.05, 0) is 59.6 Å². The molecule has 0 N–H and O–H groups in total. The Bertz CT molecular complexity index is 1190. The fourth-order valence-electron chi connectivity index (χ4n) is 6.25. The number of hydrogen-bond acceptors (Lipinski definition) is 3. The van der Waals surface area contributed by atoms with Gasteiger partial charge in [0.1, 0.15) is 5.75 Å². The first kappa shape index (κ1) is 20.0. The minimum absolute atomic E-state index is 0.0401. The first-order valence-corrected chi connectivity index (χ1v) is 11.6. The molecule has 1 saturated heterocycles. The van der Waals surface area contributed by atoms with Gasteiger partial charge in [-0.3, -0.25) is 9.59 Å². The fourth-order valence-corrected chi connectivity index (χ4v) is 6.25. The number of amides is 2. The maximum Gasteiger partial charge on any atom is 0.238 e. The molecule has 4 nitrogen and oxygen atoms in total. The Balaban J connectivity index is 1.48. The van der Waals surface area contributed by atoms with E-state index >= 15 is 0 Å². The molecule has 4 unspecified atom stereocenters. The molecular weight excluding hydrogens is 410 g/mol. The smallest absolute Gasteiger partial charge is 0.238 e. The number of carbonyl (C=O) groups excluding carboxylic acids is 2. The second-order valence-electron chi connectivity index (χ2n) is 8.97. The average Bonchev–Trinajstić information content (AvgIpc) is 3.50. The molecule has 0 spiro atoms. The SMILES string of the molecule is CCOc1ccccc1N1C(=O)C2C3CC(C(c4ccccc4)=C3c3ccccc3)C2C1=O. The predicted octanol–water partition coefficient (Wildman–Crippen LogP) is 5.45. The van der Waals surface area contributed by atoms with E-state index < -0.39 is 0 Å². The van der Waals surface area contributed by atoms with E-state index in [1.165, 1.54) is 16.0 Å². The highest BCUT2D eigenvalue weighted by Crippen LogP contribution is 2.64. The predicted molar refractivity (Wildman–Crippen MR) is 128 cm³/mol. The van der Waals surface area contributed by atoms with Gasteiger partial charge in [0.2, 0.25) is 11.8 Å². The molecule has 2 aliphatic carbocycles. The Morgan fingerprint density at radius 1 is 0.727 bits per heavy atom. The summed E-state index contributed by atoms with van der Waals surface area (Å²) in [5.41, 5.74) is 5.32. The lowest BCUT2D eigenvalue weighted by Gasteiger charge is -2.27. The fraction of sp³-hybridized carbons (Fsp3) is 0.241.